The summed E-state index contributed by atoms with van der Waals surface area (Å²) in [6, 6.07) is 5.58. The van der Waals surface area contributed by atoms with Gasteiger partial charge >= 0.3 is 0 Å². The number of nitrogens with zero attached hydrogens (tertiary/aromatic N) is 7. The summed E-state index contributed by atoms with van der Waals surface area (Å²) in [6.07, 6.45) is 5.43. The van der Waals surface area contributed by atoms with Crippen molar-refractivity contribution < 1.29 is 14.3 Å². The van der Waals surface area contributed by atoms with Gasteiger partial charge in [0.1, 0.15) is 11.4 Å². The number of aromatic nitrogens is 4. The molecule has 1 saturated heterocycles. The van der Waals surface area contributed by atoms with Gasteiger partial charge in [0.15, 0.2) is 24.0 Å². The Hall–Kier alpha value is -4.00. The molecule has 0 N–H and O–H groups in total. The van der Waals surface area contributed by atoms with Gasteiger partial charge in [-0.25, -0.2) is 14.5 Å². The maximum absolute atomic E-state index is 12.6. The van der Waals surface area contributed by atoms with Crippen LogP contribution < -0.4 is 14.5 Å². The molecule has 10 heteroatoms. The number of rotatable bonds is 2. The number of nitriles is 1. The number of carbonyl (C=O) groups is 2. The maximum Gasteiger partial charge on any atom is 0.265 e. The van der Waals surface area contributed by atoms with Gasteiger partial charge in [-0.2, -0.15) is 10.4 Å². The molecular formula is C19H15N7O3. The molecule has 1 atom stereocenters. The number of fused-ring (bicyclic) bond motifs is 2. The molecule has 5 rings (SSSR count). The molecule has 3 aromatic rings. The summed E-state index contributed by atoms with van der Waals surface area (Å²) in [5, 5.41) is 13.5. The van der Waals surface area contributed by atoms with Gasteiger partial charge in [0.2, 0.25) is 5.91 Å². The Morgan fingerprint density at radius 3 is 2.97 bits per heavy atom. The summed E-state index contributed by atoms with van der Waals surface area (Å²) in [4.78, 5) is 36.4. The van der Waals surface area contributed by atoms with E-state index in [4.69, 9.17) is 4.74 Å². The molecule has 0 radical (unpaired) electrons. The standard InChI is InChI=1S/C19H15N7O3/c1-24-16(27)10-29-15-6-12(8-21-18(15)24)13-9-26-14(2-4-22-26)17(23-13)25-5-3-11(7-20)19(25)28/h2,4,6,8-9,11H,3,5,10H2,1H3. The van der Waals surface area contributed by atoms with Crippen molar-refractivity contribution in [2.24, 2.45) is 5.92 Å². The lowest BCUT2D eigenvalue weighted by Crippen LogP contribution is -2.36. The maximum atomic E-state index is 12.6. The van der Waals surface area contributed by atoms with Crippen LogP contribution >= 0.6 is 0 Å². The Kier molecular flexibility index (Phi) is 3.70. The van der Waals surface area contributed by atoms with Crippen LogP contribution in [0.2, 0.25) is 0 Å². The highest BCUT2D eigenvalue weighted by Gasteiger charge is 2.34. The molecule has 10 nitrogen and oxygen atoms in total. The summed E-state index contributed by atoms with van der Waals surface area (Å²) < 4.78 is 7.15. The summed E-state index contributed by atoms with van der Waals surface area (Å²) >= 11 is 0. The van der Waals surface area contributed by atoms with Crippen molar-refractivity contribution >= 4 is 29.0 Å². The highest BCUT2D eigenvalue weighted by Crippen LogP contribution is 2.34. The molecule has 1 unspecified atom stereocenters. The quantitative estimate of drug-likeness (QED) is 0.642. The van der Waals surface area contributed by atoms with Gasteiger partial charge < -0.3 is 4.74 Å². The molecule has 144 valence electrons. The normalized spacial score (nSPS) is 18.7. The summed E-state index contributed by atoms with van der Waals surface area (Å²) in [5.74, 6) is 0.291. The lowest BCUT2D eigenvalue weighted by molar-refractivity contribution is -0.121. The summed E-state index contributed by atoms with van der Waals surface area (Å²) in [6.45, 7) is 0.371. The van der Waals surface area contributed by atoms with Crippen molar-refractivity contribution in [1.82, 2.24) is 19.6 Å². The lowest BCUT2D eigenvalue weighted by atomic mass is 10.1. The second-order valence-electron chi connectivity index (χ2n) is 6.86. The van der Waals surface area contributed by atoms with Crippen molar-refractivity contribution in [2.75, 3.05) is 30.0 Å². The van der Waals surface area contributed by atoms with Crippen LogP contribution in [0.1, 0.15) is 6.42 Å². The molecule has 0 aliphatic carbocycles. The van der Waals surface area contributed by atoms with E-state index in [1.165, 1.54) is 9.80 Å². The molecule has 3 aromatic heterocycles. The first kappa shape index (κ1) is 17.1. The van der Waals surface area contributed by atoms with Crippen LogP contribution in [0.4, 0.5) is 11.6 Å². The average molecular weight is 389 g/mol. The molecule has 0 spiro atoms. The zero-order chi connectivity index (χ0) is 20.1. The molecule has 29 heavy (non-hydrogen) atoms. The van der Waals surface area contributed by atoms with E-state index in [-0.39, 0.29) is 18.4 Å². The van der Waals surface area contributed by atoms with E-state index in [0.717, 1.165) is 0 Å². The molecule has 0 bridgehead atoms. The topological polar surface area (TPSA) is 117 Å². The van der Waals surface area contributed by atoms with Gasteiger partial charge in [0.05, 0.1) is 24.2 Å². The fourth-order valence-corrected chi connectivity index (χ4v) is 3.55. The van der Waals surface area contributed by atoms with Crippen LogP contribution in [0.25, 0.3) is 16.8 Å². The van der Waals surface area contributed by atoms with Crippen LogP contribution in [-0.4, -0.2) is 51.6 Å². The number of ether oxygens (including phenoxy) is 1. The first-order chi connectivity index (χ1) is 14.1. The average Bonchev–Trinajstić information content (AvgIpc) is 3.36. The van der Waals surface area contributed by atoms with E-state index in [9.17, 15) is 14.9 Å². The molecule has 0 aromatic carbocycles. The van der Waals surface area contributed by atoms with Gasteiger partial charge in [0, 0.05) is 25.4 Å². The van der Waals surface area contributed by atoms with Crippen LogP contribution in [0.3, 0.4) is 0 Å². The fraction of sp³-hybridized carbons (Fsp3) is 0.263. The van der Waals surface area contributed by atoms with Crippen LogP contribution in [0, 0.1) is 17.2 Å². The third-order valence-corrected chi connectivity index (χ3v) is 5.16. The predicted octanol–water partition coefficient (Wildman–Crippen LogP) is 1.02. The Morgan fingerprint density at radius 1 is 1.31 bits per heavy atom. The van der Waals surface area contributed by atoms with Gasteiger partial charge in [-0.05, 0) is 18.6 Å². The van der Waals surface area contributed by atoms with E-state index in [1.807, 2.05) is 6.07 Å². The number of hydrogen-bond donors (Lipinski definition) is 0. The first-order valence-electron chi connectivity index (χ1n) is 9.02. The minimum absolute atomic E-state index is 0.0523. The van der Waals surface area contributed by atoms with Crippen molar-refractivity contribution in [3.63, 3.8) is 0 Å². The molecule has 0 saturated carbocycles. The number of pyridine rings is 1. The highest BCUT2D eigenvalue weighted by atomic mass is 16.5. The summed E-state index contributed by atoms with van der Waals surface area (Å²) in [7, 11) is 1.65. The van der Waals surface area contributed by atoms with Gasteiger partial charge in [0.25, 0.3) is 5.91 Å². The third kappa shape index (κ3) is 2.59. The largest absolute Gasteiger partial charge is 0.480 e. The Bertz CT molecular complexity index is 1210. The summed E-state index contributed by atoms with van der Waals surface area (Å²) in [5.41, 5.74) is 1.88. The van der Waals surface area contributed by atoms with Gasteiger partial charge in [-0.1, -0.05) is 0 Å². The Labute approximate surface area is 164 Å². The smallest absolute Gasteiger partial charge is 0.265 e. The number of likely N-dealkylation sites (N-methyl/N-ethyl adjacent to an activating group) is 1. The Morgan fingerprint density at radius 2 is 2.17 bits per heavy atom. The third-order valence-electron chi connectivity index (χ3n) is 5.16. The van der Waals surface area contributed by atoms with Crippen molar-refractivity contribution in [1.29, 1.82) is 5.26 Å². The first-order valence-corrected chi connectivity index (χ1v) is 9.02. The van der Waals surface area contributed by atoms with E-state index >= 15 is 0 Å². The molecule has 2 aliphatic heterocycles. The van der Waals surface area contributed by atoms with Crippen molar-refractivity contribution in [3.05, 3.63) is 30.7 Å². The van der Waals surface area contributed by atoms with E-state index in [1.54, 1.807) is 42.3 Å². The zero-order valence-electron chi connectivity index (χ0n) is 15.4. The fourth-order valence-electron chi connectivity index (χ4n) is 3.55. The zero-order valence-corrected chi connectivity index (χ0v) is 15.4. The predicted molar refractivity (Wildman–Crippen MR) is 101 cm³/mol. The lowest BCUT2D eigenvalue weighted by Gasteiger charge is -2.25. The number of amides is 2. The monoisotopic (exact) mass is 389 g/mol. The number of hydrogen-bond acceptors (Lipinski definition) is 7. The Balaban J connectivity index is 1.61. The molecule has 1 fully saturated rings. The van der Waals surface area contributed by atoms with Crippen LogP contribution in [0.15, 0.2) is 30.7 Å². The van der Waals surface area contributed by atoms with Crippen LogP contribution in [-0.2, 0) is 9.59 Å². The van der Waals surface area contributed by atoms with Crippen molar-refractivity contribution in [3.8, 4) is 23.1 Å². The van der Waals surface area contributed by atoms with Crippen LogP contribution in [0.5, 0.6) is 5.75 Å². The van der Waals surface area contributed by atoms with Crippen molar-refractivity contribution in [2.45, 2.75) is 6.42 Å². The molecular weight excluding hydrogens is 374 g/mol. The van der Waals surface area contributed by atoms with Gasteiger partial charge in [-0.3, -0.25) is 19.4 Å². The SMILES string of the molecule is CN1C(=O)COc2cc(-c3cn4nccc4c(N4CCC(C#N)C4=O)n3)cnc21. The van der Waals surface area contributed by atoms with E-state index < -0.39 is 5.92 Å². The van der Waals surface area contributed by atoms with Gasteiger partial charge in [-0.15, -0.1) is 0 Å². The second-order valence-corrected chi connectivity index (χ2v) is 6.86. The molecule has 2 amide bonds. The minimum atomic E-state index is -0.657. The van der Waals surface area contributed by atoms with E-state index in [0.29, 0.717) is 47.1 Å². The molecule has 2 aliphatic rings. The van der Waals surface area contributed by atoms with E-state index in [2.05, 4.69) is 15.1 Å². The highest BCUT2D eigenvalue weighted by molar-refractivity contribution is 6.01. The minimum Gasteiger partial charge on any atom is -0.480 e. The second kappa shape index (κ2) is 6.27. The molecule has 5 heterocycles. The number of anilines is 2. The number of carbonyl (C=O) groups excluding carboxylic acids is 2.